The van der Waals surface area contributed by atoms with Crippen LogP contribution < -0.4 is 11.1 Å². The summed E-state index contributed by atoms with van der Waals surface area (Å²) in [5.74, 6) is -0.332. The molecule has 1 aromatic rings. The van der Waals surface area contributed by atoms with E-state index in [-0.39, 0.29) is 23.6 Å². The number of nitrogens with one attached hydrogen (secondary N) is 1. The second-order valence-electron chi connectivity index (χ2n) is 4.41. The summed E-state index contributed by atoms with van der Waals surface area (Å²) >= 11 is 1.66. The van der Waals surface area contributed by atoms with Crippen molar-refractivity contribution in [3.8, 4) is 0 Å². The predicted octanol–water partition coefficient (Wildman–Crippen LogP) is 1.28. The number of nitrogens with two attached hydrogens (primary N) is 1. The number of rotatable bonds is 5. The van der Waals surface area contributed by atoms with E-state index in [9.17, 15) is 4.79 Å². The van der Waals surface area contributed by atoms with E-state index in [2.05, 4.69) is 24.3 Å². The Bertz CT molecular complexity index is 399. The molecule has 4 N–H and O–H groups in total. The molecule has 0 aliphatic heterocycles. The average molecular weight is 255 g/mol. The number of nitrogens with zero attached hydrogens (tertiary/aromatic N) is 1. The Morgan fingerprint density at radius 3 is 2.88 bits per heavy atom. The van der Waals surface area contributed by atoms with E-state index in [0.29, 0.717) is 6.54 Å². The summed E-state index contributed by atoms with van der Waals surface area (Å²) in [5.41, 5.74) is 5.13. The average Bonchev–Trinajstić information content (AvgIpc) is 2.80. The van der Waals surface area contributed by atoms with Crippen LogP contribution in [0.1, 0.15) is 25.1 Å². The summed E-state index contributed by atoms with van der Waals surface area (Å²) in [6, 6.07) is 4.03. The van der Waals surface area contributed by atoms with Crippen molar-refractivity contribution in [2.24, 2.45) is 10.9 Å². The third-order valence-electron chi connectivity index (χ3n) is 2.39. The molecule has 1 aromatic heterocycles. The Hall–Kier alpha value is -1.56. The molecule has 0 aromatic carbocycles. The molecule has 17 heavy (non-hydrogen) atoms. The van der Waals surface area contributed by atoms with Gasteiger partial charge in [0.2, 0.25) is 5.91 Å². The number of carbonyl (C=O) groups is 1. The van der Waals surface area contributed by atoms with Crippen LogP contribution in [0.2, 0.25) is 0 Å². The van der Waals surface area contributed by atoms with Gasteiger partial charge in [-0.25, -0.2) is 0 Å². The minimum absolute atomic E-state index is 0.0863. The number of amides is 1. The fourth-order valence-corrected chi connectivity index (χ4v) is 2.18. The first-order valence-corrected chi connectivity index (χ1v) is 6.11. The van der Waals surface area contributed by atoms with Crippen LogP contribution in [0, 0.1) is 0 Å². The molecule has 0 spiro atoms. The van der Waals surface area contributed by atoms with E-state index in [0.717, 1.165) is 0 Å². The van der Waals surface area contributed by atoms with E-state index in [4.69, 9.17) is 10.9 Å². The van der Waals surface area contributed by atoms with Gasteiger partial charge in [-0.15, -0.1) is 11.3 Å². The van der Waals surface area contributed by atoms with Gasteiger partial charge in [0.05, 0.1) is 6.42 Å². The minimum Gasteiger partial charge on any atom is -0.409 e. The van der Waals surface area contributed by atoms with Crippen LogP contribution in [0.5, 0.6) is 0 Å². The van der Waals surface area contributed by atoms with Gasteiger partial charge >= 0.3 is 0 Å². The molecule has 6 heteroatoms. The highest BCUT2D eigenvalue weighted by molar-refractivity contribution is 7.10. The fourth-order valence-electron chi connectivity index (χ4n) is 1.33. The summed E-state index contributed by atoms with van der Waals surface area (Å²) in [7, 11) is 0. The van der Waals surface area contributed by atoms with Gasteiger partial charge in [-0.3, -0.25) is 4.79 Å². The van der Waals surface area contributed by atoms with Crippen molar-refractivity contribution in [3.05, 3.63) is 22.4 Å². The lowest BCUT2D eigenvalue weighted by molar-refractivity contribution is -0.120. The third-order valence-corrected chi connectivity index (χ3v) is 3.62. The molecule has 0 saturated carbocycles. The molecular weight excluding hydrogens is 238 g/mol. The van der Waals surface area contributed by atoms with E-state index >= 15 is 0 Å². The zero-order valence-corrected chi connectivity index (χ0v) is 10.8. The number of hydrogen-bond donors (Lipinski definition) is 3. The summed E-state index contributed by atoms with van der Waals surface area (Å²) in [6.45, 7) is 4.64. The first-order chi connectivity index (χ1) is 7.95. The molecule has 0 atom stereocenters. The molecule has 5 nitrogen and oxygen atoms in total. The predicted molar refractivity (Wildman–Crippen MR) is 68.4 cm³/mol. The molecule has 0 saturated heterocycles. The largest absolute Gasteiger partial charge is 0.409 e. The van der Waals surface area contributed by atoms with Gasteiger partial charge in [0.1, 0.15) is 5.84 Å². The number of hydrogen-bond acceptors (Lipinski definition) is 4. The normalized spacial score (nSPS) is 12.5. The molecule has 94 valence electrons. The maximum atomic E-state index is 11.4. The smallest absolute Gasteiger partial charge is 0.227 e. The summed E-state index contributed by atoms with van der Waals surface area (Å²) in [6.07, 6.45) is -0.0863. The van der Waals surface area contributed by atoms with Crippen molar-refractivity contribution in [1.82, 2.24) is 5.32 Å². The zero-order chi connectivity index (χ0) is 12.9. The highest BCUT2D eigenvalue weighted by atomic mass is 32.1. The van der Waals surface area contributed by atoms with Crippen molar-refractivity contribution in [2.75, 3.05) is 6.54 Å². The van der Waals surface area contributed by atoms with Gasteiger partial charge in [0, 0.05) is 16.8 Å². The summed E-state index contributed by atoms with van der Waals surface area (Å²) in [4.78, 5) is 12.7. The van der Waals surface area contributed by atoms with Crippen molar-refractivity contribution < 1.29 is 10.0 Å². The van der Waals surface area contributed by atoms with Crippen LogP contribution >= 0.6 is 11.3 Å². The zero-order valence-electron chi connectivity index (χ0n) is 9.93. The highest BCUT2D eigenvalue weighted by Gasteiger charge is 2.22. The molecule has 1 rings (SSSR count). The molecule has 0 unspecified atom stereocenters. The summed E-state index contributed by atoms with van der Waals surface area (Å²) < 4.78 is 0. The monoisotopic (exact) mass is 255 g/mol. The molecular formula is C11H17N3O2S. The SMILES string of the molecule is CC(C)(CNC(=O)C/C(N)=N/O)c1cccs1. The second kappa shape index (κ2) is 5.67. The Morgan fingerprint density at radius 2 is 2.35 bits per heavy atom. The maximum Gasteiger partial charge on any atom is 0.227 e. The maximum absolute atomic E-state index is 11.4. The molecule has 1 heterocycles. The van der Waals surface area contributed by atoms with Gasteiger partial charge in [0.25, 0.3) is 0 Å². The van der Waals surface area contributed by atoms with Gasteiger partial charge in [-0.2, -0.15) is 0 Å². The number of oxime groups is 1. The van der Waals surface area contributed by atoms with Gasteiger partial charge in [-0.05, 0) is 11.4 Å². The highest BCUT2D eigenvalue weighted by Crippen LogP contribution is 2.26. The molecule has 0 fully saturated rings. The van der Waals surface area contributed by atoms with Gasteiger partial charge in [0.15, 0.2) is 0 Å². The van der Waals surface area contributed by atoms with Crippen LogP contribution in [0.15, 0.2) is 22.7 Å². The van der Waals surface area contributed by atoms with E-state index in [1.165, 1.54) is 4.88 Å². The van der Waals surface area contributed by atoms with E-state index in [1.54, 1.807) is 11.3 Å². The quantitative estimate of drug-likeness (QED) is 0.320. The number of thiophene rings is 1. The Labute approximate surface area is 104 Å². The Morgan fingerprint density at radius 1 is 1.65 bits per heavy atom. The fraction of sp³-hybridized carbons (Fsp3) is 0.455. The van der Waals surface area contributed by atoms with Crippen LogP contribution in [0.25, 0.3) is 0 Å². The standard InChI is InChI=1S/C11H17N3O2S/c1-11(2,8-4-3-5-17-8)7-13-10(15)6-9(12)14-16/h3-5,16H,6-7H2,1-2H3,(H2,12,14)(H,13,15). The molecule has 0 radical (unpaired) electrons. The van der Waals surface area contributed by atoms with Crippen LogP contribution in [-0.4, -0.2) is 23.5 Å². The Balaban J connectivity index is 2.48. The van der Waals surface area contributed by atoms with Crippen molar-refractivity contribution in [3.63, 3.8) is 0 Å². The summed E-state index contributed by atoms with van der Waals surface area (Å²) in [5, 5.41) is 15.9. The van der Waals surface area contributed by atoms with Crippen LogP contribution in [0.3, 0.4) is 0 Å². The molecule has 0 aliphatic rings. The van der Waals surface area contributed by atoms with Gasteiger partial charge in [-0.1, -0.05) is 25.1 Å². The Kier molecular flexibility index (Phi) is 4.51. The lowest BCUT2D eigenvalue weighted by atomic mass is 9.91. The van der Waals surface area contributed by atoms with Crippen LogP contribution in [0.4, 0.5) is 0 Å². The first-order valence-electron chi connectivity index (χ1n) is 5.23. The number of amidine groups is 1. The van der Waals surface area contributed by atoms with Crippen molar-refractivity contribution in [2.45, 2.75) is 25.7 Å². The van der Waals surface area contributed by atoms with E-state index in [1.807, 2.05) is 17.5 Å². The molecule has 0 bridgehead atoms. The number of carbonyl (C=O) groups excluding carboxylic acids is 1. The van der Waals surface area contributed by atoms with E-state index < -0.39 is 0 Å². The molecule has 1 amide bonds. The van der Waals surface area contributed by atoms with Crippen molar-refractivity contribution >= 4 is 23.1 Å². The first kappa shape index (κ1) is 13.5. The second-order valence-corrected chi connectivity index (χ2v) is 5.35. The van der Waals surface area contributed by atoms with Crippen LogP contribution in [-0.2, 0) is 10.2 Å². The minimum atomic E-state index is -0.245. The lowest BCUT2D eigenvalue weighted by Crippen LogP contribution is -2.37. The third kappa shape index (κ3) is 4.07. The molecule has 0 aliphatic carbocycles. The topological polar surface area (TPSA) is 87.7 Å². The lowest BCUT2D eigenvalue weighted by Gasteiger charge is -2.23. The van der Waals surface area contributed by atoms with Gasteiger partial charge < -0.3 is 16.3 Å². The van der Waals surface area contributed by atoms with Crippen molar-refractivity contribution in [1.29, 1.82) is 0 Å².